The van der Waals surface area contributed by atoms with Crippen LogP contribution < -0.4 is 5.73 Å². The van der Waals surface area contributed by atoms with Crippen molar-refractivity contribution in [1.82, 2.24) is 0 Å². The average molecular weight is 252 g/mol. The molecule has 5 heteroatoms. The Hall–Kier alpha value is -0.680. The number of halogens is 3. The number of phenols is 1. The van der Waals surface area contributed by atoms with E-state index in [9.17, 15) is 13.9 Å². The highest BCUT2D eigenvalue weighted by atomic mass is 79.9. The predicted octanol–water partition coefficient (Wildman–Crippen LogP) is 2.26. The molecule has 3 N–H and O–H groups in total. The largest absolute Gasteiger partial charge is 0.505 e. The van der Waals surface area contributed by atoms with Gasteiger partial charge in [-0.3, -0.25) is 0 Å². The van der Waals surface area contributed by atoms with E-state index in [4.69, 9.17) is 5.73 Å². The summed E-state index contributed by atoms with van der Waals surface area (Å²) in [6, 6.07) is 1.44. The van der Waals surface area contributed by atoms with Crippen LogP contribution in [-0.2, 0) is 0 Å². The zero-order chi connectivity index (χ0) is 10.0. The zero-order valence-corrected chi connectivity index (χ0v) is 8.18. The Balaban J connectivity index is 3.25. The van der Waals surface area contributed by atoms with Gasteiger partial charge in [-0.25, -0.2) is 8.78 Å². The lowest BCUT2D eigenvalue weighted by Crippen LogP contribution is -2.13. The highest BCUT2D eigenvalue weighted by molar-refractivity contribution is 9.10. The molecule has 13 heavy (non-hydrogen) atoms. The van der Waals surface area contributed by atoms with Crippen LogP contribution in [0.1, 0.15) is 11.6 Å². The normalized spacial score (nSPS) is 12.9. The quantitative estimate of drug-likeness (QED) is 0.847. The van der Waals surface area contributed by atoms with Crippen molar-refractivity contribution in [3.8, 4) is 5.75 Å². The topological polar surface area (TPSA) is 46.2 Å². The molecule has 0 fully saturated rings. The highest BCUT2D eigenvalue weighted by Gasteiger charge is 2.17. The molecule has 2 nitrogen and oxygen atoms in total. The number of benzene rings is 1. The Bertz CT molecular complexity index is 319. The van der Waals surface area contributed by atoms with Crippen molar-refractivity contribution in [3.05, 3.63) is 28.0 Å². The molecule has 72 valence electrons. The van der Waals surface area contributed by atoms with Crippen molar-refractivity contribution in [2.45, 2.75) is 6.04 Å². The highest BCUT2D eigenvalue weighted by Crippen LogP contribution is 2.32. The Morgan fingerprint density at radius 2 is 2.15 bits per heavy atom. The maximum Gasteiger partial charge on any atom is 0.165 e. The molecule has 0 saturated heterocycles. The first-order chi connectivity index (χ1) is 6.07. The van der Waals surface area contributed by atoms with E-state index >= 15 is 0 Å². The lowest BCUT2D eigenvalue weighted by Gasteiger charge is -2.12. The first-order valence-corrected chi connectivity index (χ1v) is 4.35. The van der Waals surface area contributed by atoms with Gasteiger partial charge in [-0.05, 0) is 12.1 Å². The SMILES string of the molecule is N[C@H](CF)c1c(Br)ccc(F)c1O. The van der Waals surface area contributed by atoms with E-state index in [-0.39, 0.29) is 5.56 Å². The van der Waals surface area contributed by atoms with Gasteiger partial charge in [0.25, 0.3) is 0 Å². The summed E-state index contributed by atoms with van der Waals surface area (Å²) in [7, 11) is 0. The van der Waals surface area contributed by atoms with Crippen LogP contribution >= 0.6 is 15.9 Å². The predicted molar refractivity (Wildman–Crippen MR) is 48.7 cm³/mol. The minimum atomic E-state index is -1.01. The van der Waals surface area contributed by atoms with Crippen molar-refractivity contribution in [2.24, 2.45) is 5.73 Å². The third kappa shape index (κ3) is 1.97. The summed E-state index contributed by atoms with van der Waals surface area (Å²) in [6.07, 6.45) is 0. The smallest absolute Gasteiger partial charge is 0.165 e. The minimum Gasteiger partial charge on any atom is -0.505 e. The van der Waals surface area contributed by atoms with Crippen LogP contribution in [0.25, 0.3) is 0 Å². The molecule has 0 saturated carbocycles. The van der Waals surface area contributed by atoms with Gasteiger partial charge < -0.3 is 10.8 Å². The van der Waals surface area contributed by atoms with Crippen LogP contribution in [0.4, 0.5) is 8.78 Å². The third-order valence-corrected chi connectivity index (χ3v) is 2.34. The van der Waals surface area contributed by atoms with E-state index < -0.39 is 24.3 Å². The van der Waals surface area contributed by atoms with Crippen molar-refractivity contribution < 1.29 is 13.9 Å². The van der Waals surface area contributed by atoms with E-state index in [0.29, 0.717) is 4.47 Å². The van der Waals surface area contributed by atoms with Crippen LogP contribution in [0.15, 0.2) is 16.6 Å². The van der Waals surface area contributed by atoms with Gasteiger partial charge in [-0.1, -0.05) is 15.9 Å². The second-order valence-corrected chi connectivity index (χ2v) is 3.41. The summed E-state index contributed by atoms with van der Waals surface area (Å²) in [5.41, 5.74) is 5.39. The lowest BCUT2D eigenvalue weighted by molar-refractivity contribution is 0.395. The molecule has 1 rings (SSSR count). The number of phenolic OH excluding ortho intramolecular Hbond substituents is 1. The third-order valence-electron chi connectivity index (χ3n) is 1.65. The second-order valence-electron chi connectivity index (χ2n) is 2.55. The molecule has 1 atom stereocenters. The summed E-state index contributed by atoms with van der Waals surface area (Å²) in [4.78, 5) is 0. The van der Waals surface area contributed by atoms with E-state index in [1.807, 2.05) is 0 Å². The van der Waals surface area contributed by atoms with E-state index in [1.54, 1.807) is 0 Å². The van der Waals surface area contributed by atoms with Gasteiger partial charge in [-0.2, -0.15) is 0 Å². The summed E-state index contributed by atoms with van der Waals surface area (Å²) in [5, 5.41) is 9.23. The molecule has 0 spiro atoms. The monoisotopic (exact) mass is 251 g/mol. The fourth-order valence-electron chi connectivity index (χ4n) is 0.987. The first-order valence-electron chi connectivity index (χ1n) is 3.56. The Labute approximate surface area is 82.5 Å². The molecule has 0 bridgehead atoms. The van der Waals surface area contributed by atoms with E-state index in [2.05, 4.69) is 15.9 Å². The maximum atomic E-state index is 12.8. The number of nitrogens with two attached hydrogens (primary N) is 1. The van der Waals surface area contributed by atoms with Gasteiger partial charge in [-0.15, -0.1) is 0 Å². The first kappa shape index (κ1) is 10.4. The van der Waals surface area contributed by atoms with Crippen molar-refractivity contribution in [1.29, 1.82) is 0 Å². The number of rotatable bonds is 2. The van der Waals surface area contributed by atoms with Crippen LogP contribution in [0, 0.1) is 5.82 Å². The number of aromatic hydroxyl groups is 1. The molecule has 0 aromatic heterocycles. The molecular weight excluding hydrogens is 244 g/mol. The van der Waals surface area contributed by atoms with E-state index in [0.717, 1.165) is 6.07 Å². The lowest BCUT2D eigenvalue weighted by atomic mass is 10.1. The summed E-state index contributed by atoms with van der Waals surface area (Å²) < 4.78 is 25.4. The number of hydrogen-bond acceptors (Lipinski definition) is 2. The molecule has 0 unspecified atom stereocenters. The molecule has 0 aliphatic heterocycles. The van der Waals surface area contributed by atoms with Crippen molar-refractivity contribution >= 4 is 15.9 Å². The molecule has 1 aromatic carbocycles. The summed E-state index contributed by atoms with van der Waals surface area (Å²) in [6.45, 7) is -0.852. The zero-order valence-electron chi connectivity index (χ0n) is 6.60. The molecule has 0 radical (unpaired) electrons. The van der Waals surface area contributed by atoms with Crippen LogP contribution in [-0.4, -0.2) is 11.8 Å². The van der Waals surface area contributed by atoms with Crippen LogP contribution in [0.3, 0.4) is 0 Å². The Morgan fingerprint density at radius 1 is 1.54 bits per heavy atom. The van der Waals surface area contributed by atoms with E-state index in [1.165, 1.54) is 6.07 Å². The second kappa shape index (κ2) is 4.02. The fourth-order valence-corrected chi connectivity index (χ4v) is 1.60. The maximum absolute atomic E-state index is 12.8. The molecular formula is C8H8BrF2NO. The summed E-state index contributed by atoms with van der Waals surface area (Å²) >= 11 is 3.05. The van der Waals surface area contributed by atoms with Gasteiger partial charge in [0.2, 0.25) is 0 Å². The molecule has 0 heterocycles. The average Bonchev–Trinajstić information content (AvgIpc) is 2.12. The number of alkyl halides is 1. The fraction of sp³-hybridized carbons (Fsp3) is 0.250. The van der Waals surface area contributed by atoms with Gasteiger partial charge >= 0.3 is 0 Å². The summed E-state index contributed by atoms with van der Waals surface area (Å²) in [5.74, 6) is -1.40. The Kier molecular flexibility index (Phi) is 3.22. The molecule has 0 aliphatic rings. The van der Waals surface area contributed by atoms with Crippen LogP contribution in [0.5, 0.6) is 5.75 Å². The number of hydrogen-bond donors (Lipinski definition) is 2. The van der Waals surface area contributed by atoms with Gasteiger partial charge in [0, 0.05) is 10.0 Å². The Morgan fingerprint density at radius 3 is 2.69 bits per heavy atom. The molecule has 0 amide bonds. The standard InChI is InChI=1S/C8H8BrF2NO/c9-4-1-2-5(11)8(13)7(4)6(12)3-10/h1-2,6,13H,3,12H2/t6-/m1/s1. The van der Waals surface area contributed by atoms with Crippen molar-refractivity contribution in [2.75, 3.05) is 6.67 Å². The van der Waals surface area contributed by atoms with Gasteiger partial charge in [0.05, 0.1) is 6.04 Å². The molecule has 0 aliphatic carbocycles. The van der Waals surface area contributed by atoms with Crippen LogP contribution in [0.2, 0.25) is 0 Å². The van der Waals surface area contributed by atoms with Crippen molar-refractivity contribution in [3.63, 3.8) is 0 Å². The van der Waals surface area contributed by atoms with Gasteiger partial charge in [0.15, 0.2) is 11.6 Å². The van der Waals surface area contributed by atoms with Gasteiger partial charge in [0.1, 0.15) is 6.67 Å². The minimum absolute atomic E-state index is 0.0579. The molecule has 1 aromatic rings.